The molecule has 0 atom stereocenters. The molecule has 0 aliphatic rings. The number of benzene rings is 1. The van der Waals surface area contributed by atoms with Crippen LogP contribution in [-0.2, 0) is 6.42 Å². The van der Waals surface area contributed by atoms with Crippen LogP contribution in [0.1, 0.15) is 36.5 Å². The van der Waals surface area contributed by atoms with Gasteiger partial charge in [0, 0.05) is 0 Å². The minimum absolute atomic E-state index is 1.04. The highest BCUT2D eigenvalue weighted by molar-refractivity contribution is 5.44. The van der Waals surface area contributed by atoms with Gasteiger partial charge in [-0.3, -0.25) is 0 Å². The lowest BCUT2D eigenvalue weighted by atomic mass is 9.98. The van der Waals surface area contributed by atoms with Crippen molar-refractivity contribution in [2.45, 2.75) is 40.0 Å². The van der Waals surface area contributed by atoms with E-state index in [1.807, 2.05) is 0 Å². The van der Waals surface area contributed by atoms with Crippen molar-refractivity contribution in [3.63, 3.8) is 0 Å². The summed E-state index contributed by atoms with van der Waals surface area (Å²) in [6.07, 6.45) is 3.60. The monoisotopic (exact) mass is 192 g/mol. The summed E-state index contributed by atoms with van der Waals surface area (Å²) in [5.74, 6) is 1.04. The first-order chi connectivity index (χ1) is 6.70. The number of aryl methyl sites for hydroxylation is 1. The normalized spacial score (nSPS) is 10.3. The van der Waals surface area contributed by atoms with Crippen LogP contribution in [0.15, 0.2) is 12.1 Å². The van der Waals surface area contributed by atoms with Gasteiger partial charge in [-0.05, 0) is 49.4 Å². The molecular formula is C13H20O. The van der Waals surface area contributed by atoms with Crippen LogP contribution in [0.2, 0.25) is 0 Å². The van der Waals surface area contributed by atoms with Crippen molar-refractivity contribution in [1.82, 2.24) is 0 Å². The first-order valence-electron chi connectivity index (χ1n) is 5.33. The Morgan fingerprint density at radius 3 is 2.50 bits per heavy atom. The SMILES string of the molecule is CCCCc1c(OC)ccc(C)c1C. The second kappa shape index (κ2) is 5.04. The Morgan fingerprint density at radius 1 is 1.21 bits per heavy atom. The van der Waals surface area contributed by atoms with E-state index < -0.39 is 0 Å². The Kier molecular flexibility index (Phi) is 3.99. The molecule has 14 heavy (non-hydrogen) atoms. The fourth-order valence-electron chi connectivity index (χ4n) is 1.70. The van der Waals surface area contributed by atoms with Crippen LogP contribution < -0.4 is 4.74 Å². The van der Waals surface area contributed by atoms with Crippen LogP contribution in [0.5, 0.6) is 5.75 Å². The molecule has 1 aromatic rings. The Balaban J connectivity index is 3.01. The number of rotatable bonds is 4. The summed E-state index contributed by atoms with van der Waals surface area (Å²) < 4.78 is 5.38. The second-order valence-electron chi connectivity index (χ2n) is 3.79. The highest BCUT2D eigenvalue weighted by Gasteiger charge is 2.07. The fraction of sp³-hybridized carbons (Fsp3) is 0.538. The summed E-state index contributed by atoms with van der Waals surface area (Å²) in [6.45, 7) is 6.56. The third kappa shape index (κ3) is 2.28. The second-order valence-corrected chi connectivity index (χ2v) is 3.79. The van der Waals surface area contributed by atoms with Crippen molar-refractivity contribution >= 4 is 0 Å². The van der Waals surface area contributed by atoms with Crippen molar-refractivity contribution in [2.24, 2.45) is 0 Å². The fourth-order valence-corrected chi connectivity index (χ4v) is 1.70. The van der Waals surface area contributed by atoms with Crippen LogP contribution in [0.25, 0.3) is 0 Å². The van der Waals surface area contributed by atoms with E-state index in [0.717, 1.165) is 12.2 Å². The quantitative estimate of drug-likeness (QED) is 0.707. The summed E-state index contributed by atoms with van der Waals surface area (Å²) >= 11 is 0. The molecule has 0 unspecified atom stereocenters. The van der Waals surface area contributed by atoms with Gasteiger partial charge in [-0.15, -0.1) is 0 Å². The molecule has 0 aliphatic heterocycles. The number of hydrogen-bond donors (Lipinski definition) is 0. The highest BCUT2D eigenvalue weighted by Crippen LogP contribution is 2.26. The highest BCUT2D eigenvalue weighted by atomic mass is 16.5. The zero-order valence-electron chi connectivity index (χ0n) is 9.68. The zero-order chi connectivity index (χ0) is 10.6. The molecule has 0 aromatic heterocycles. The van der Waals surface area contributed by atoms with Gasteiger partial charge >= 0.3 is 0 Å². The summed E-state index contributed by atoms with van der Waals surface area (Å²) in [7, 11) is 1.75. The maximum atomic E-state index is 5.38. The molecule has 1 nitrogen and oxygen atoms in total. The van der Waals surface area contributed by atoms with E-state index in [1.165, 1.54) is 29.5 Å². The van der Waals surface area contributed by atoms with Crippen molar-refractivity contribution in [1.29, 1.82) is 0 Å². The largest absolute Gasteiger partial charge is 0.496 e. The Bertz CT molecular complexity index is 302. The molecule has 0 saturated heterocycles. The average Bonchev–Trinajstić information content (AvgIpc) is 2.20. The van der Waals surface area contributed by atoms with Gasteiger partial charge in [-0.2, -0.15) is 0 Å². The van der Waals surface area contributed by atoms with Gasteiger partial charge in [0.15, 0.2) is 0 Å². The van der Waals surface area contributed by atoms with E-state index in [-0.39, 0.29) is 0 Å². The smallest absolute Gasteiger partial charge is 0.122 e. The predicted octanol–water partition coefficient (Wildman–Crippen LogP) is 3.65. The molecular weight excluding hydrogens is 172 g/mol. The third-order valence-corrected chi connectivity index (χ3v) is 2.83. The van der Waals surface area contributed by atoms with Gasteiger partial charge in [0.05, 0.1) is 7.11 Å². The summed E-state index contributed by atoms with van der Waals surface area (Å²) in [6, 6.07) is 4.21. The van der Waals surface area contributed by atoms with Crippen molar-refractivity contribution in [3.8, 4) is 5.75 Å². The summed E-state index contributed by atoms with van der Waals surface area (Å²) in [4.78, 5) is 0. The molecule has 1 rings (SSSR count). The van der Waals surface area contributed by atoms with E-state index in [0.29, 0.717) is 0 Å². The zero-order valence-corrected chi connectivity index (χ0v) is 9.68. The average molecular weight is 192 g/mol. The molecule has 0 spiro atoms. The third-order valence-electron chi connectivity index (χ3n) is 2.83. The molecule has 0 bridgehead atoms. The number of hydrogen-bond acceptors (Lipinski definition) is 1. The van der Waals surface area contributed by atoms with Crippen LogP contribution in [0.4, 0.5) is 0 Å². The molecule has 78 valence electrons. The first-order valence-corrected chi connectivity index (χ1v) is 5.33. The van der Waals surface area contributed by atoms with E-state index in [9.17, 15) is 0 Å². The van der Waals surface area contributed by atoms with Crippen molar-refractivity contribution < 1.29 is 4.74 Å². The first kappa shape index (κ1) is 11.1. The number of unbranched alkanes of at least 4 members (excludes halogenated alkanes) is 1. The van der Waals surface area contributed by atoms with E-state index in [2.05, 4.69) is 32.9 Å². The summed E-state index contributed by atoms with van der Waals surface area (Å²) in [5.41, 5.74) is 4.13. The molecule has 0 heterocycles. The van der Waals surface area contributed by atoms with Gasteiger partial charge < -0.3 is 4.74 Å². The van der Waals surface area contributed by atoms with Gasteiger partial charge in [0.2, 0.25) is 0 Å². The lowest BCUT2D eigenvalue weighted by Crippen LogP contribution is -1.97. The van der Waals surface area contributed by atoms with Gasteiger partial charge in [-0.25, -0.2) is 0 Å². The lowest BCUT2D eigenvalue weighted by molar-refractivity contribution is 0.408. The van der Waals surface area contributed by atoms with Gasteiger partial charge in [0.25, 0.3) is 0 Å². The number of methoxy groups -OCH3 is 1. The van der Waals surface area contributed by atoms with Crippen molar-refractivity contribution in [2.75, 3.05) is 7.11 Å². The topological polar surface area (TPSA) is 9.23 Å². The van der Waals surface area contributed by atoms with Crippen molar-refractivity contribution in [3.05, 3.63) is 28.8 Å². The minimum atomic E-state index is 1.04. The van der Waals surface area contributed by atoms with E-state index in [1.54, 1.807) is 7.11 Å². The molecule has 0 aliphatic carbocycles. The van der Waals surface area contributed by atoms with Crippen LogP contribution >= 0.6 is 0 Å². The molecule has 0 amide bonds. The van der Waals surface area contributed by atoms with Crippen LogP contribution in [0, 0.1) is 13.8 Å². The Labute approximate surface area is 87.1 Å². The van der Waals surface area contributed by atoms with E-state index >= 15 is 0 Å². The number of ether oxygens (including phenoxy) is 1. The molecule has 0 radical (unpaired) electrons. The lowest BCUT2D eigenvalue weighted by Gasteiger charge is -2.13. The molecule has 1 aromatic carbocycles. The maximum absolute atomic E-state index is 5.38. The standard InChI is InChI=1S/C13H20O/c1-5-6-7-12-11(3)10(2)8-9-13(12)14-4/h8-9H,5-7H2,1-4H3. The van der Waals surface area contributed by atoms with Gasteiger partial charge in [0.1, 0.15) is 5.75 Å². The maximum Gasteiger partial charge on any atom is 0.122 e. The predicted molar refractivity (Wildman–Crippen MR) is 61.1 cm³/mol. The Hall–Kier alpha value is -0.980. The molecule has 0 N–H and O–H groups in total. The minimum Gasteiger partial charge on any atom is -0.496 e. The molecule has 0 saturated carbocycles. The van der Waals surface area contributed by atoms with Crippen LogP contribution in [0.3, 0.4) is 0 Å². The summed E-state index contributed by atoms with van der Waals surface area (Å²) in [5, 5.41) is 0. The molecule has 1 heteroatoms. The van der Waals surface area contributed by atoms with Crippen LogP contribution in [-0.4, -0.2) is 7.11 Å². The van der Waals surface area contributed by atoms with E-state index in [4.69, 9.17) is 4.74 Å². The molecule has 0 fully saturated rings. The van der Waals surface area contributed by atoms with Gasteiger partial charge in [-0.1, -0.05) is 19.4 Å². The Morgan fingerprint density at radius 2 is 1.93 bits per heavy atom.